The van der Waals surface area contributed by atoms with E-state index in [0.29, 0.717) is 28.3 Å². The zero-order valence-corrected chi connectivity index (χ0v) is 22.3. The number of hydrogen-bond acceptors (Lipinski definition) is 9. The first-order valence-corrected chi connectivity index (χ1v) is 12.9. The van der Waals surface area contributed by atoms with Gasteiger partial charge < -0.3 is 14.8 Å². The van der Waals surface area contributed by atoms with Gasteiger partial charge in [0.2, 0.25) is 5.91 Å². The summed E-state index contributed by atoms with van der Waals surface area (Å²) >= 11 is 1.56. The Balaban J connectivity index is 1.42. The van der Waals surface area contributed by atoms with Crippen molar-refractivity contribution in [2.24, 2.45) is 0 Å². The minimum atomic E-state index is -0.514. The fraction of sp³-hybridized carbons (Fsp3) is 0.192. The average molecular weight is 554 g/mol. The highest BCUT2D eigenvalue weighted by molar-refractivity contribution is 8.18. The molecule has 2 aromatic rings. The molecule has 2 aliphatic heterocycles. The minimum Gasteiger partial charge on any atom is -0.497 e. The number of carbonyl (C=O) groups is 5. The summed E-state index contributed by atoms with van der Waals surface area (Å²) in [5, 5.41) is 1.68. The predicted molar refractivity (Wildman–Crippen MR) is 146 cm³/mol. The van der Waals surface area contributed by atoms with Crippen LogP contribution in [0.15, 0.2) is 52.3 Å². The van der Waals surface area contributed by atoms with Crippen LogP contribution in [0, 0.1) is 0 Å². The van der Waals surface area contributed by atoms with E-state index < -0.39 is 22.3 Å². The molecule has 2 aliphatic rings. The number of ether oxygens (including phenoxy) is 2. The number of rotatable bonds is 8. The molecule has 0 radical (unpaired) electrons. The highest BCUT2D eigenvalue weighted by Crippen LogP contribution is 2.36. The van der Waals surface area contributed by atoms with E-state index in [1.807, 2.05) is 0 Å². The summed E-state index contributed by atoms with van der Waals surface area (Å²) < 4.78 is 10.5. The lowest BCUT2D eigenvalue weighted by molar-refractivity contribution is -0.125. The molecule has 2 saturated heterocycles. The first-order valence-electron chi connectivity index (χ1n) is 11.3. The fourth-order valence-electron chi connectivity index (χ4n) is 3.68. The third kappa shape index (κ3) is 5.92. The third-order valence-electron chi connectivity index (χ3n) is 5.55. The van der Waals surface area contributed by atoms with Crippen LogP contribution in [0.1, 0.15) is 18.1 Å². The number of amides is 5. The Morgan fingerprint density at radius 1 is 0.842 bits per heavy atom. The lowest BCUT2D eigenvalue weighted by Gasteiger charge is -2.17. The summed E-state index contributed by atoms with van der Waals surface area (Å²) in [5.74, 6) is -0.155. The van der Waals surface area contributed by atoms with Crippen molar-refractivity contribution >= 4 is 69.6 Å². The summed E-state index contributed by atoms with van der Waals surface area (Å²) in [6.07, 6.45) is 3.14. The number of carbonyl (C=O) groups excluding carboxylic acids is 5. The molecule has 2 fully saturated rings. The van der Waals surface area contributed by atoms with Crippen LogP contribution in [-0.2, 0) is 14.4 Å². The Bertz CT molecular complexity index is 1390. The molecule has 10 nitrogen and oxygen atoms in total. The van der Waals surface area contributed by atoms with Gasteiger partial charge in [0.05, 0.1) is 24.0 Å². The van der Waals surface area contributed by atoms with Crippen LogP contribution in [0.3, 0.4) is 0 Å². The standard InChI is InChI=1S/C26H23N3O7S2/c1-15(30)27-18-7-4-16(5-8-18)12-21-23(31)28(25(33)37-21)10-11-29-24(32)22(38-26(29)34)13-17-6-9-19(35-2)14-20(17)36-3/h4-9,12-14H,10-11H2,1-3H3,(H,27,30)/b21-12+,22-13+. The molecule has 12 heteroatoms. The smallest absolute Gasteiger partial charge is 0.293 e. The highest BCUT2D eigenvalue weighted by Gasteiger charge is 2.39. The van der Waals surface area contributed by atoms with E-state index in [1.165, 1.54) is 21.1 Å². The zero-order chi connectivity index (χ0) is 27.4. The van der Waals surface area contributed by atoms with Crippen LogP contribution in [0.4, 0.5) is 15.3 Å². The van der Waals surface area contributed by atoms with Gasteiger partial charge in [-0.2, -0.15) is 0 Å². The van der Waals surface area contributed by atoms with E-state index in [1.54, 1.807) is 54.6 Å². The van der Waals surface area contributed by atoms with Gasteiger partial charge in [-0.3, -0.25) is 33.8 Å². The van der Waals surface area contributed by atoms with E-state index in [0.717, 1.165) is 33.3 Å². The first kappa shape index (κ1) is 27.0. The van der Waals surface area contributed by atoms with Gasteiger partial charge in [0.15, 0.2) is 0 Å². The van der Waals surface area contributed by atoms with Gasteiger partial charge in [-0.1, -0.05) is 12.1 Å². The van der Waals surface area contributed by atoms with Gasteiger partial charge in [0, 0.05) is 37.3 Å². The second kappa shape index (κ2) is 11.6. The predicted octanol–water partition coefficient (Wildman–Crippen LogP) is 4.44. The van der Waals surface area contributed by atoms with Gasteiger partial charge in [-0.05, 0) is 65.5 Å². The van der Waals surface area contributed by atoms with Crippen LogP contribution in [0.5, 0.6) is 11.5 Å². The quantitative estimate of drug-likeness (QED) is 0.473. The molecule has 0 atom stereocenters. The molecule has 196 valence electrons. The lowest BCUT2D eigenvalue weighted by atomic mass is 10.1. The van der Waals surface area contributed by atoms with Gasteiger partial charge >= 0.3 is 0 Å². The second-order valence-corrected chi connectivity index (χ2v) is 10.1. The molecule has 0 unspecified atom stereocenters. The summed E-state index contributed by atoms with van der Waals surface area (Å²) in [5.41, 5.74) is 1.88. The van der Waals surface area contributed by atoms with E-state index in [-0.39, 0.29) is 28.8 Å². The van der Waals surface area contributed by atoms with E-state index in [2.05, 4.69) is 5.32 Å². The Morgan fingerprint density at radius 2 is 1.42 bits per heavy atom. The van der Waals surface area contributed by atoms with Crippen LogP contribution in [0.2, 0.25) is 0 Å². The average Bonchev–Trinajstić information content (AvgIpc) is 3.31. The SMILES string of the molecule is COc1ccc(/C=C2/SC(=O)N(CCN3C(=O)S/C(=C/c4ccc(NC(C)=O)cc4)C3=O)C2=O)c(OC)c1. The van der Waals surface area contributed by atoms with Crippen molar-refractivity contribution in [1.29, 1.82) is 0 Å². The van der Waals surface area contributed by atoms with E-state index in [9.17, 15) is 24.0 Å². The summed E-state index contributed by atoms with van der Waals surface area (Å²) in [6, 6.07) is 11.9. The van der Waals surface area contributed by atoms with Gasteiger partial charge in [-0.15, -0.1) is 0 Å². The van der Waals surface area contributed by atoms with Crippen LogP contribution in [0.25, 0.3) is 12.2 Å². The van der Waals surface area contributed by atoms with E-state index >= 15 is 0 Å². The third-order valence-corrected chi connectivity index (χ3v) is 7.37. The molecule has 1 N–H and O–H groups in total. The fourth-order valence-corrected chi connectivity index (χ4v) is 5.40. The number of nitrogens with zero attached hydrogens (tertiary/aromatic N) is 2. The van der Waals surface area contributed by atoms with Crippen molar-refractivity contribution in [2.75, 3.05) is 32.6 Å². The molecule has 0 bridgehead atoms. The van der Waals surface area contributed by atoms with Crippen LogP contribution in [-0.4, -0.2) is 65.3 Å². The molecule has 0 saturated carbocycles. The van der Waals surface area contributed by atoms with Crippen molar-refractivity contribution in [3.8, 4) is 11.5 Å². The molecular formula is C26H23N3O7S2. The molecule has 0 spiro atoms. The molecule has 2 heterocycles. The second-order valence-electron chi connectivity index (χ2n) is 8.08. The lowest BCUT2D eigenvalue weighted by Crippen LogP contribution is -2.39. The van der Waals surface area contributed by atoms with Gasteiger partial charge in [0.25, 0.3) is 22.3 Å². The highest BCUT2D eigenvalue weighted by atomic mass is 32.2. The van der Waals surface area contributed by atoms with Gasteiger partial charge in [0.1, 0.15) is 11.5 Å². The summed E-state index contributed by atoms with van der Waals surface area (Å²) in [6.45, 7) is 1.15. The maximum atomic E-state index is 12.9. The number of benzene rings is 2. The Hall–Kier alpha value is -4.03. The Kier molecular flexibility index (Phi) is 8.23. The van der Waals surface area contributed by atoms with E-state index in [4.69, 9.17) is 9.47 Å². The first-order chi connectivity index (χ1) is 18.2. The molecule has 38 heavy (non-hydrogen) atoms. The van der Waals surface area contributed by atoms with Crippen molar-refractivity contribution in [2.45, 2.75) is 6.92 Å². The topological polar surface area (TPSA) is 122 Å². The molecule has 0 aromatic heterocycles. The monoisotopic (exact) mass is 553 g/mol. The molecule has 5 amide bonds. The maximum Gasteiger partial charge on any atom is 0.293 e. The Labute approximate surface area is 227 Å². The molecule has 2 aromatic carbocycles. The number of imide groups is 2. The number of methoxy groups -OCH3 is 2. The van der Waals surface area contributed by atoms with Crippen LogP contribution >= 0.6 is 23.5 Å². The zero-order valence-electron chi connectivity index (χ0n) is 20.7. The Morgan fingerprint density at radius 3 is 1.95 bits per heavy atom. The van der Waals surface area contributed by atoms with Crippen molar-refractivity contribution in [3.05, 3.63) is 63.4 Å². The molecule has 4 rings (SSSR count). The summed E-state index contributed by atoms with van der Waals surface area (Å²) in [7, 11) is 3.02. The number of thioether (sulfide) groups is 2. The largest absolute Gasteiger partial charge is 0.497 e. The van der Waals surface area contributed by atoms with Gasteiger partial charge in [-0.25, -0.2) is 0 Å². The number of nitrogens with one attached hydrogen (secondary N) is 1. The van der Waals surface area contributed by atoms with Crippen molar-refractivity contribution in [3.63, 3.8) is 0 Å². The van der Waals surface area contributed by atoms with Crippen LogP contribution < -0.4 is 14.8 Å². The minimum absolute atomic E-state index is 0.124. The maximum absolute atomic E-state index is 12.9. The van der Waals surface area contributed by atoms with Crippen molar-refractivity contribution < 1.29 is 33.4 Å². The number of hydrogen-bond donors (Lipinski definition) is 1. The normalized spacial score (nSPS) is 17.7. The summed E-state index contributed by atoms with van der Waals surface area (Å²) in [4.78, 5) is 64.5. The van der Waals surface area contributed by atoms with Crippen molar-refractivity contribution in [1.82, 2.24) is 9.80 Å². The molecular weight excluding hydrogens is 530 g/mol. The molecule has 0 aliphatic carbocycles. The number of anilines is 1.